The lowest BCUT2D eigenvalue weighted by Crippen LogP contribution is -2.39. The Hall–Kier alpha value is -1.70. The fourth-order valence-corrected chi connectivity index (χ4v) is 4.75. The quantitative estimate of drug-likeness (QED) is 0.890. The summed E-state index contributed by atoms with van der Waals surface area (Å²) in [6, 6.07) is 3.88. The number of aryl methyl sites for hydroxylation is 1. The first-order valence-corrected chi connectivity index (χ1v) is 10.3. The molecule has 0 unspecified atom stereocenters. The van der Waals surface area contributed by atoms with E-state index in [1.165, 1.54) is 10.4 Å². The molecule has 140 valence electrons. The Morgan fingerprint density at radius 1 is 1.35 bits per heavy atom. The van der Waals surface area contributed by atoms with E-state index in [0.717, 1.165) is 51.3 Å². The van der Waals surface area contributed by atoms with Crippen LogP contribution in [0.5, 0.6) is 0 Å². The van der Waals surface area contributed by atoms with Crippen LogP contribution >= 0.6 is 11.3 Å². The number of anilines is 1. The number of hydrogen-bond donors (Lipinski definition) is 1. The third kappa shape index (κ3) is 4.00. The molecule has 7 heteroatoms. The molecular weight excluding hydrogens is 348 g/mol. The zero-order valence-electron chi connectivity index (χ0n) is 15.2. The third-order valence-electron chi connectivity index (χ3n) is 5.32. The van der Waals surface area contributed by atoms with Gasteiger partial charge in [-0.05, 0) is 43.3 Å². The Labute approximate surface area is 157 Å². The maximum atomic E-state index is 12.2. The SMILES string of the molecule is Cc1ccsc1CN1CCC[C@H](c2cc(=O)[nH]c(N3CCOCC3)n2)C1. The molecule has 2 aliphatic rings. The molecule has 2 fully saturated rings. The van der Waals surface area contributed by atoms with Crippen LogP contribution in [0.4, 0.5) is 5.95 Å². The van der Waals surface area contributed by atoms with Crippen molar-refractivity contribution in [1.29, 1.82) is 0 Å². The largest absolute Gasteiger partial charge is 0.378 e. The van der Waals surface area contributed by atoms with E-state index in [-0.39, 0.29) is 5.56 Å². The number of hydrogen-bond acceptors (Lipinski definition) is 6. The normalized spacial score (nSPS) is 21.9. The van der Waals surface area contributed by atoms with E-state index in [4.69, 9.17) is 9.72 Å². The van der Waals surface area contributed by atoms with E-state index in [2.05, 4.69) is 33.2 Å². The van der Waals surface area contributed by atoms with Crippen LogP contribution in [-0.2, 0) is 11.3 Å². The molecular formula is C19H26N4O2S. The fourth-order valence-electron chi connectivity index (χ4n) is 3.81. The molecule has 2 aromatic heterocycles. The minimum Gasteiger partial charge on any atom is -0.378 e. The van der Waals surface area contributed by atoms with Gasteiger partial charge in [0.2, 0.25) is 5.95 Å². The number of nitrogens with one attached hydrogen (secondary N) is 1. The van der Waals surface area contributed by atoms with Crippen LogP contribution in [0.1, 0.15) is 34.9 Å². The van der Waals surface area contributed by atoms with E-state index in [0.29, 0.717) is 25.1 Å². The monoisotopic (exact) mass is 374 g/mol. The van der Waals surface area contributed by atoms with Crippen molar-refractivity contribution in [3.8, 4) is 0 Å². The highest BCUT2D eigenvalue weighted by Crippen LogP contribution is 2.28. The molecule has 2 aromatic rings. The number of ether oxygens (including phenoxy) is 1. The second-order valence-electron chi connectivity index (χ2n) is 7.19. The lowest BCUT2D eigenvalue weighted by molar-refractivity contribution is 0.122. The molecule has 4 heterocycles. The van der Waals surface area contributed by atoms with Crippen LogP contribution in [0.3, 0.4) is 0 Å². The topological polar surface area (TPSA) is 61.5 Å². The average molecular weight is 375 g/mol. The highest BCUT2D eigenvalue weighted by Gasteiger charge is 2.25. The maximum Gasteiger partial charge on any atom is 0.252 e. The number of rotatable bonds is 4. The second kappa shape index (κ2) is 7.90. The van der Waals surface area contributed by atoms with Gasteiger partial charge < -0.3 is 9.64 Å². The van der Waals surface area contributed by atoms with Crippen LogP contribution in [0.25, 0.3) is 0 Å². The Kier molecular flexibility index (Phi) is 5.38. The van der Waals surface area contributed by atoms with Gasteiger partial charge in [-0.1, -0.05) is 0 Å². The molecule has 1 N–H and O–H groups in total. The van der Waals surface area contributed by atoms with Crippen molar-refractivity contribution < 1.29 is 4.74 Å². The number of H-pyrrole nitrogens is 1. The van der Waals surface area contributed by atoms with Gasteiger partial charge in [0.05, 0.1) is 18.9 Å². The van der Waals surface area contributed by atoms with Crippen molar-refractivity contribution in [2.75, 3.05) is 44.3 Å². The Morgan fingerprint density at radius 3 is 2.96 bits per heavy atom. The van der Waals surface area contributed by atoms with Gasteiger partial charge in [0, 0.05) is 43.0 Å². The molecule has 0 aliphatic carbocycles. The van der Waals surface area contributed by atoms with Crippen molar-refractivity contribution in [2.24, 2.45) is 0 Å². The Bertz CT molecular complexity index is 797. The summed E-state index contributed by atoms with van der Waals surface area (Å²) < 4.78 is 5.40. The lowest BCUT2D eigenvalue weighted by atomic mass is 9.94. The fraction of sp³-hybridized carbons (Fsp3) is 0.579. The molecule has 6 nitrogen and oxygen atoms in total. The van der Waals surface area contributed by atoms with Crippen molar-refractivity contribution in [3.63, 3.8) is 0 Å². The molecule has 0 spiro atoms. The number of piperidine rings is 1. The molecule has 26 heavy (non-hydrogen) atoms. The zero-order valence-corrected chi connectivity index (χ0v) is 16.1. The van der Waals surface area contributed by atoms with Gasteiger partial charge in [0.25, 0.3) is 5.56 Å². The molecule has 0 aromatic carbocycles. The molecule has 4 rings (SSSR count). The van der Waals surface area contributed by atoms with Crippen molar-refractivity contribution in [3.05, 3.63) is 44.0 Å². The summed E-state index contributed by atoms with van der Waals surface area (Å²) in [5.41, 5.74) is 2.26. The van der Waals surface area contributed by atoms with Crippen molar-refractivity contribution in [2.45, 2.75) is 32.2 Å². The first-order chi connectivity index (χ1) is 12.7. The molecule has 2 saturated heterocycles. The number of nitrogens with zero attached hydrogens (tertiary/aromatic N) is 3. The number of aromatic amines is 1. The summed E-state index contributed by atoms with van der Waals surface area (Å²) in [4.78, 5) is 26.0. The minimum atomic E-state index is -0.0530. The molecule has 0 amide bonds. The van der Waals surface area contributed by atoms with E-state index in [1.807, 2.05) is 11.3 Å². The van der Waals surface area contributed by atoms with Gasteiger partial charge in [-0.3, -0.25) is 14.7 Å². The highest BCUT2D eigenvalue weighted by atomic mass is 32.1. The van der Waals surface area contributed by atoms with Crippen molar-refractivity contribution >= 4 is 17.3 Å². The van der Waals surface area contributed by atoms with E-state index in [1.54, 1.807) is 6.07 Å². The number of thiophene rings is 1. The van der Waals surface area contributed by atoms with Crippen LogP contribution in [-0.4, -0.2) is 54.3 Å². The highest BCUT2D eigenvalue weighted by molar-refractivity contribution is 7.10. The van der Waals surface area contributed by atoms with Gasteiger partial charge in [-0.25, -0.2) is 4.98 Å². The Balaban J connectivity index is 1.50. The molecule has 2 aliphatic heterocycles. The van der Waals surface area contributed by atoms with E-state index in [9.17, 15) is 4.79 Å². The summed E-state index contributed by atoms with van der Waals surface area (Å²) in [6.07, 6.45) is 2.25. The summed E-state index contributed by atoms with van der Waals surface area (Å²) in [5.74, 6) is 1.02. The zero-order chi connectivity index (χ0) is 17.9. The molecule has 1 atom stereocenters. The second-order valence-corrected chi connectivity index (χ2v) is 8.20. The van der Waals surface area contributed by atoms with Crippen LogP contribution in [0.15, 0.2) is 22.3 Å². The Morgan fingerprint density at radius 2 is 2.19 bits per heavy atom. The average Bonchev–Trinajstić information content (AvgIpc) is 3.07. The summed E-state index contributed by atoms with van der Waals surface area (Å²) in [6.45, 7) is 8.20. The van der Waals surface area contributed by atoms with E-state index < -0.39 is 0 Å². The third-order valence-corrected chi connectivity index (χ3v) is 6.33. The van der Waals surface area contributed by atoms with E-state index >= 15 is 0 Å². The first kappa shape index (κ1) is 17.7. The number of likely N-dealkylation sites (tertiary alicyclic amines) is 1. The van der Waals surface area contributed by atoms with Crippen LogP contribution < -0.4 is 10.5 Å². The predicted molar refractivity (Wildman–Crippen MR) is 104 cm³/mol. The van der Waals surface area contributed by atoms with Gasteiger partial charge in [-0.2, -0.15) is 0 Å². The maximum absolute atomic E-state index is 12.2. The van der Waals surface area contributed by atoms with Crippen LogP contribution in [0, 0.1) is 6.92 Å². The predicted octanol–water partition coefficient (Wildman–Crippen LogP) is 2.36. The lowest BCUT2D eigenvalue weighted by Gasteiger charge is -2.33. The molecule has 0 saturated carbocycles. The standard InChI is InChI=1S/C19H26N4O2S/c1-14-4-10-26-17(14)13-22-5-2-3-15(12-22)16-11-18(24)21-19(20-16)23-6-8-25-9-7-23/h4,10-11,15H,2-3,5-9,12-13H2,1H3,(H,20,21,24)/t15-/m0/s1. The van der Waals surface area contributed by atoms with Crippen molar-refractivity contribution in [1.82, 2.24) is 14.9 Å². The van der Waals surface area contributed by atoms with Gasteiger partial charge >= 0.3 is 0 Å². The first-order valence-electron chi connectivity index (χ1n) is 9.38. The smallest absolute Gasteiger partial charge is 0.252 e. The van der Waals surface area contributed by atoms with Gasteiger partial charge in [0.1, 0.15) is 0 Å². The van der Waals surface area contributed by atoms with Gasteiger partial charge in [-0.15, -0.1) is 11.3 Å². The number of morpholine rings is 1. The minimum absolute atomic E-state index is 0.0530. The summed E-state index contributed by atoms with van der Waals surface area (Å²) >= 11 is 1.83. The number of aromatic nitrogens is 2. The van der Waals surface area contributed by atoms with Crippen LogP contribution in [0.2, 0.25) is 0 Å². The molecule has 0 radical (unpaired) electrons. The summed E-state index contributed by atoms with van der Waals surface area (Å²) in [7, 11) is 0. The molecule has 0 bridgehead atoms. The van der Waals surface area contributed by atoms with Gasteiger partial charge in [0.15, 0.2) is 0 Å². The summed E-state index contributed by atoms with van der Waals surface area (Å²) in [5, 5.41) is 2.17.